The van der Waals surface area contributed by atoms with Gasteiger partial charge in [0, 0.05) is 11.9 Å². The molecule has 3 aromatic rings. The van der Waals surface area contributed by atoms with Gasteiger partial charge in [-0.3, -0.25) is 9.89 Å². The molecule has 0 radical (unpaired) electrons. The first-order chi connectivity index (χ1) is 12.1. The number of fused-ring (bicyclic) bond motifs is 1. The molecule has 0 fully saturated rings. The Morgan fingerprint density at radius 3 is 2.64 bits per heavy atom. The molecule has 0 spiro atoms. The van der Waals surface area contributed by atoms with E-state index in [1.54, 1.807) is 6.07 Å². The Kier molecular flexibility index (Phi) is 5.09. The molecule has 0 bridgehead atoms. The van der Waals surface area contributed by atoms with Crippen molar-refractivity contribution in [3.63, 3.8) is 0 Å². The lowest BCUT2D eigenvalue weighted by molar-refractivity contribution is -0.124. The summed E-state index contributed by atoms with van der Waals surface area (Å²) in [6, 6.07) is 17.1. The molecule has 3 rings (SSSR count). The number of nitrogens with zero attached hydrogens (tertiary/aromatic N) is 1. The number of aromatic amines is 1. The van der Waals surface area contributed by atoms with Crippen LogP contribution < -0.4 is 5.32 Å². The summed E-state index contributed by atoms with van der Waals surface area (Å²) < 4.78 is 5.06. The van der Waals surface area contributed by atoms with Crippen LogP contribution in [0.15, 0.2) is 54.6 Å². The van der Waals surface area contributed by atoms with Crippen molar-refractivity contribution in [1.82, 2.24) is 15.5 Å². The van der Waals surface area contributed by atoms with Crippen molar-refractivity contribution in [3.8, 4) is 0 Å². The Balaban J connectivity index is 1.50. The second-order valence-electron chi connectivity index (χ2n) is 5.81. The van der Waals surface area contributed by atoms with Gasteiger partial charge < -0.3 is 10.1 Å². The molecular weight excluding hydrogens is 318 g/mol. The quantitative estimate of drug-likeness (QED) is 0.677. The first-order valence-corrected chi connectivity index (χ1v) is 8.07. The standard InChI is InChI=1S/C19H19N3O3/c1-13(14-7-3-2-4-8-14)11-20-17(23)12-25-19(24)18-15-9-5-6-10-16(15)21-22-18/h2-10,13H,11-12H2,1H3,(H,20,23)(H,21,22)/t13-/m0/s1. The fraction of sp³-hybridized carbons (Fsp3) is 0.211. The number of H-pyrrole nitrogens is 1. The number of carbonyl (C=O) groups excluding carboxylic acids is 2. The Morgan fingerprint density at radius 1 is 1.12 bits per heavy atom. The minimum Gasteiger partial charge on any atom is -0.451 e. The molecule has 128 valence electrons. The van der Waals surface area contributed by atoms with Gasteiger partial charge in [0.1, 0.15) is 0 Å². The highest BCUT2D eigenvalue weighted by molar-refractivity contribution is 6.02. The topological polar surface area (TPSA) is 84.1 Å². The zero-order chi connectivity index (χ0) is 17.6. The minimum absolute atomic E-state index is 0.177. The fourth-order valence-electron chi connectivity index (χ4n) is 2.54. The lowest BCUT2D eigenvalue weighted by Gasteiger charge is -2.13. The van der Waals surface area contributed by atoms with Gasteiger partial charge in [-0.15, -0.1) is 0 Å². The fourth-order valence-corrected chi connectivity index (χ4v) is 2.54. The van der Waals surface area contributed by atoms with Gasteiger partial charge in [0.2, 0.25) is 0 Å². The highest BCUT2D eigenvalue weighted by atomic mass is 16.5. The smallest absolute Gasteiger partial charge is 0.359 e. The van der Waals surface area contributed by atoms with E-state index in [2.05, 4.69) is 15.5 Å². The van der Waals surface area contributed by atoms with Gasteiger partial charge in [-0.1, -0.05) is 55.5 Å². The van der Waals surface area contributed by atoms with E-state index in [-0.39, 0.29) is 24.1 Å². The van der Waals surface area contributed by atoms with Crippen LogP contribution in [0, 0.1) is 0 Å². The van der Waals surface area contributed by atoms with E-state index < -0.39 is 5.97 Å². The van der Waals surface area contributed by atoms with Crippen LogP contribution in [0.25, 0.3) is 10.9 Å². The van der Waals surface area contributed by atoms with Crippen LogP contribution in [-0.4, -0.2) is 35.2 Å². The summed E-state index contributed by atoms with van der Waals surface area (Å²) in [5.41, 5.74) is 2.07. The van der Waals surface area contributed by atoms with Crippen molar-refractivity contribution in [2.75, 3.05) is 13.2 Å². The Morgan fingerprint density at radius 2 is 1.84 bits per heavy atom. The van der Waals surface area contributed by atoms with Crippen molar-refractivity contribution < 1.29 is 14.3 Å². The van der Waals surface area contributed by atoms with Gasteiger partial charge in [-0.25, -0.2) is 4.79 Å². The largest absolute Gasteiger partial charge is 0.451 e. The highest BCUT2D eigenvalue weighted by Crippen LogP contribution is 2.16. The van der Waals surface area contributed by atoms with Crippen molar-refractivity contribution in [2.24, 2.45) is 0 Å². The number of ether oxygens (including phenoxy) is 1. The predicted octanol–water partition coefficient (Wildman–Crippen LogP) is 2.64. The summed E-state index contributed by atoms with van der Waals surface area (Å²) in [5.74, 6) is -0.782. The van der Waals surface area contributed by atoms with Crippen LogP contribution in [0.1, 0.15) is 28.9 Å². The van der Waals surface area contributed by atoms with Crippen LogP contribution in [0.3, 0.4) is 0 Å². The molecule has 0 unspecified atom stereocenters. The van der Waals surface area contributed by atoms with Crippen LogP contribution >= 0.6 is 0 Å². The van der Waals surface area contributed by atoms with E-state index in [9.17, 15) is 9.59 Å². The predicted molar refractivity (Wildman–Crippen MR) is 94.2 cm³/mol. The van der Waals surface area contributed by atoms with E-state index >= 15 is 0 Å². The van der Waals surface area contributed by atoms with Crippen molar-refractivity contribution in [3.05, 3.63) is 65.9 Å². The van der Waals surface area contributed by atoms with E-state index in [1.807, 2.05) is 55.5 Å². The summed E-state index contributed by atoms with van der Waals surface area (Å²) in [6.45, 7) is 2.17. The second kappa shape index (κ2) is 7.61. The molecule has 0 aliphatic rings. The average Bonchev–Trinajstić information content (AvgIpc) is 3.09. The molecule has 1 atom stereocenters. The normalized spacial score (nSPS) is 11.9. The van der Waals surface area contributed by atoms with Gasteiger partial charge in [0.15, 0.2) is 12.3 Å². The molecule has 2 N–H and O–H groups in total. The SMILES string of the molecule is C[C@@H](CNC(=O)COC(=O)c1n[nH]c2ccccc12)c1ccccc1. The van der Waals surface area contributed by atoms with Crippen LogP contribution in [0.5, 0.6) is 0 Å². The molecule has 0 saturated carbocycles. The van der Waals surface area contributed by atoms with Crippen LogP contribution in [0.4, 0.5) is 0 Å². The summed E-state index contributed by atoms with van der Waals surface area (Å²) in [4.78, 5) is 24.0. The third-order valence-electron chi connectivity index (χ3n) is 3.97. The van der Waals surface area contributed by atoms with Crippen molar-refractivity contribution in [2.45, 2.75) is 12.8 Å². The zero-order valence-electron chi connectivity index (χ0n) is 13.9. The highest BCUT2D eigenvalue weighted by Gasteiger charge is 2.17. The minimum atomic E-state index is -0.622. The summed E-state index contributed by atoms with van der Waals surface area (Å²) in [7, 11) is 0. The summed E-state index contributed by atoms with van der Waals surface area (Å²) >= 11 is 0. The van der Waals surface area contributed by atoms with Gasteiger partial charge in [0.25, 0.3) is 5.91 Å². The molecule has 6 nitrogen and oxygen atoms in total. The first-order valence-electron chi connectivity index (χ1n) is 8.07. The number of nitrogens with one attached hydrogen (secondary N) is 2. The number of esters is 1. The number of para-hydroxylation sites is 1. The van der Waals surface area contributed by atoms with E-state index in [4.69, 9.17) is 4.74 Å². The maximum Gasteiger partial charge on any atom is 0.359 e. The number of amides is 1. The van der Waals surface area contributed by atoms with Crippen LogP contribution in [-0.2, 0) is 9.53 Å². The summed E-state index contributed by atoms with van der Waals surface area (Å²) in [6.07, 6.45) is 0. The number of carbonyl (C=O) groups is 2. The van der Waals surface area contributed by atoms with Gasteiger partial charge in [0.05, 0.1) is 5.52 Å². The number of hydrogen-bond acceptors (Lipinski definition) is 4. The zero-order valence-corrected chi connectivity index (χ0v) is 13.9. The van der Waals surface area contributed by atoms with Crippen LogP contribution in [0.2, 0.25) is 0 Å². The molecule has 0 aliphatic carbocycles. The molecule has 1 aromatic heterocycles. The molecule has 6 heteroatoms. The van der Waals surface area contributed by atoms with E-state index in [0.29, 0.717) is 11.9 Å². The maximum atomic E-state index is 12.1. The third-order valence-corrected chi connectivity index (χ3v) is 3.97. The van der Waals surface area contributed by atoms with E-state index in [1.165, 1.54) is 0 Å². The Labute approximate surface area is 145 Å². The van der Waals surface area contributed by atoms with E-state index in [0.717, 1.165) is 11.1 Å². The number of aromatic nitrogens is 2. The first kappa shape index (κ1) is 16.7. The number of hydrogen-bond donors (Lipinski definition) is 2. The van der Waals surface area contributed by atoms with Gasteiger partial charge >= 0.3 is 5.97 Å². The average molecular weight is 337 g/mol. The van der Waals surface area contributed by atoms with Crippen molar-refractivity contribution in [1.29, 1.82) is 0 Å². The van der Waals surface area contributed by atoms with Gasteiger partial charge in [-0.05, 0) is 17.5 Å². The molecular formula is C19H19N3O3. The molecule has 25 heavy (non-hydrogen) atoms. The molecule has 0 aliphatic heterocycles. The molecule has 2 aromatic carbocycles. The van der Waals surface area contributed by atoms with Gasteiger partial charge in [-0.2, -0.15) is 5.10 Å². The lowest BCUT2D eigenvalue weighted by Crippen LogP contribution is -2.31. The lowest BCUT2D eigenvalue weighted by atomic mass is 10.0. The number of rotatable bonds is 6. The second-order valence-corrected chi connectivity index (χ2v) is 5.81. The summed E-state index contributed by atoms with van der Waals surface area (Å²) in [5, 5.41) is 10.2. The third kappa shape index (κ3) is 4.03. The Bertz CT molecular complexity index is 874. The maximum absolute atomic E-state index is 12.1. The van der Waals surface area contributed by atoms with Crippen molar-refractivity contribution >= 4 is 22.8 Å². The monoisotopic (exact) mass is 337 g/mol. The molecule has 0 saturated heterocycles. The molecule has 1 heterocycles. The Hall–Kier alpha value is -3.15. The number of benzene rings is 2. The molecule has 1 amide bonds.